The van der Waals surface area contributed by atoms with E-state index in [4.69, 9.17) is 25.8 Å². The van der Waals surface area contributed by atoms with Crippen molar-refractivity contribution in [3.8, 4) is 11.5 Å². The Balaban J connectivity index is 1.90. The lowest BCUT2D eigenvalue weighted by Crippen LogP contribution is -2.40. The Hall–Kier alpha value is -2.90. The van der Waals surface area contributed by atoms with Crippen LogP contribution in [0.4, 0.5) is 0 Å². The molecule has 0 bridgehead atoms. The van der Waals surface area contributed by atoms with Gasteiger partial charge in [0.1, 0.15) is 11.5 Å². The van der Waals surface area contributed by atoms with Crippen LogP contribution in [-0.2, 0) is 16.1 Å². The van der Waals surface area contributed by atoms with E-state index in [9.17, 15) is 4.79 Å². The number of benzene rings is 2. The molecule has 148 valence electrons. The number of hydrogen-bond donors (Lipinski definition) is 1. The van der Waals surface area contributed by atoms with Crippen LogP contribution in [0.5, 0.6) is 11.5 Å². The third-order valence-electron chi connectivity index (χ3n) is 4.05. The van der Waals surface area contributed by atoms with Gasteiger partial charge < -0.3 is 14.2 Å². The van der Waals surface area contributed by atoms with Gasteiger partial charge in [0.05, 0.1) is 20.3 Å². The number of hydrazine groups is 2. The van der Waals surface area contributed by atoms with Crippen LogP contribution in [0.3, 0.4) is 0 Å². The number of likely N-dealkylation sites (N-methyl/N-ethyl adjacent to an activating group) is 1. The molecule has 0 atom stereocenters. The molecule has 0 radical (unpaired) electrons. The summed E-state index contributed by atoms with van der Waals surface area (Å²) in [5, 5.41) is 3.92. The first-order valence-electron chi connectivity index (χ1n) is 8.77. The molecule has 1 heterocycles. The van der Waals surface area contributed by atoms with Crippen LogP contribution >= 0.6 is 11.6 Å². The third-order valence-corrected chi connectivity index (χ3v) is 4.30. The molecule has 7 nitrogen and oxygen atoms in total. The van der Waals surface area contributed by atoms with E-state index in [1.807, 2.05) is 24.3 Å². The van der Waals surface area contributed by atoms with E-state index in [0.717, 1.165) is 11.3 Å². The highest BCUT2D eigenvalue weighted by Crippen LogP contribution is 2.27. The van der Waals surface area contributed by atoms with Gasteiger partial charge in [-0.1, -0.05) is 23.7 Å². The summed E-state index contributed by atoms with van der Waals surface area (Å²) in [6, 6.07) is 14.6. The van der Waals surface area contributed by atoms with Crippen molar-refractivity contribution in [2.75, 3.05) is 20.8 Å². The fraction of sp³-hybridized carbons (Fsp3) is 0.250. The van der Waals surface area contributed by atoms with Gasteiger partial charge in [-0.05, 0) is 48.9 Å². The number of ether oxygens (including phenoxy) is 3. The van der Waals surface area contributed by atoms with Gasteiger partial charge in [-0.2, -0.15) is 0 Å². The van der Waals surface area contributed by atoms with Crippen molar-refractivity contribution in [2.24, 2.45) is 0 Å². The topological polar surface area (TPSA) is 63.3 Å². The first-order valence-corrected chi connectivity index (χ1v) is 9.15. The van der Waals surface area contributed by atoms with E-state index < -0.39 is 5.97 Å². The van der Waals surface area contributed by atoms with Gasteiger partial charge in [0.2, 0.25) is 11.6 Å². The summed E-state index contributed by atoms with van der Waals surface area (Å²) < 4.78 is 16.4. The van der Waals surface area contributed by atoms with Gasteiger partial charge in [-0.25, -0.2) is 4.79 Å². The number of nitrogens with zero attached hydrogens (tertiary/aromatic N) is 2. The number of methoxy groups -OCH3 is 1. The minimum absolute atomic E-state index is 0.267. The lowest BCUT2D eigenvalue weighted by Gasteiger charge is -2.22. The zero-order valence-electron chi connectivity index (χ0n) is 15.9. The molecule has 1 N–H and O–H groups in total. The highest BCUT2D eigenvalue weighted by atomic mass is 35.5. The van der Waals surface area contributed by atoms with Crippen LogP contribution in [0, 0.1) is 0 Å². The van der Waals surface area contributed by atoms with Crippen LogP contribution in [0.2, 0.25) is 5.02 Å². The molecule has 8 heteroatoms. The minimum Gasteiger partial charge on any atom is -0.497 e. The summed E-state index contributed by atoms with van der Waals surface area (Å²) in [7, 11) is 3.35. The Morgan fingerprint density at radius 3 is 2.32 bits per heavy atom. The monoisotopic (exact) mass is 403 g/mol. The zero-order chi connectivity index (χ0) is 20.1. The fourth-order valence-electron chi connectivity index (χ4n) is 2.71. The second kappa shape index (κ2) is 8.86. The van der Waals surface area contributed by atoms with E-state index in [1.54, 1.807) is 55.4 Å². The summed E-state index contributed by atoms with van der Waals surface area (Å²) in [6.45, 7) is 2.48. The Kier molecular flexibility index (Phi) is 6.28. The van der Waals surface area contributed by atoms with Crippen molar-refractivity contribution < 1.29 is 19.0 Å². The number of hydrogen-bond acceptors (Lipinski definition) is 7. The molecule has 1 aliphatic heterocycles. The quantitative estimate of drug-likeness (QED) is 0.711. The molecule has 0 spiro atoms. The summed E-state index contributed by atoms with van der Waals surface area (Å²) in [5.74, 6) is 1.20. The molecule has 0 saturated heterocycles. The number of rotatable bonds is 7. The number of esters is 1. The first-order chi connectivity index (χ1) is 13.5. The van der Waals surface area contributed by atoms with Gasteiger partial charge >= 0.3 is 5.97 Å². The molecular formula is C20H22ClN3O4. The highest BCUT2D eigenvalue weighted by molar-refractivity contribution is 6.30. The first kappa shape index (κ1) is 19.9. The molecule has 0 aromatic heterocycles. The standard InChI is InChI=1S/C20H22ClN3O4/c1-4-27-20(25)18-19(28-17-11-7-15(21)8-12-17)24(22-23(18)2)13-14-5-9-16(26-3)10-6-14/h5-12,22H,4,13H2,1-3H3. The van der Waals surface area contributed by atoms with Crippen LogP contribution in [0.25, 0.3) is 0 Å². The van der Waals surface area contributed by atoms with Crippen molar-refractivity contribution in [2.45, 2.75) is 13.5 Å². The fourth-order valence-corrected chi connectivity index (χ4v) is 2.84. The molecule has 1 aliphatic rings. The van der Waals surface area contributed by atoms with Gasteiger partial charge in [0.15, 0.2) is 0 Å². The van der Waals surface area contributed by atoms with E-state index >= 15 is 0 Å². The molecule has 3 rings (SSSR count). The highest BCUT2D eigenvalue weighted by Gasteiger charge is 2.34. The molecule has 2 aromatic rings. The predicted molar refractivity (Wildman–Crippen MR) is 105 cm³/mol. The van der Waals surface area contributed by atoms with E-state index in [2.05, 4.69) is 5.53 Å². The molecule has 28 heavy (non-hydrogen) atoms. The van der Waals surface area contributed by atoms with Crippen LogP contribution in [-0.4, -0.2) is 36.8 Å². The van der Waals surface area contributed by atoms with Crippen molar-refractivity contribution >= 4 is 17.6 Å². The van der Waals surface area contributed by atoms with Gasteiger partial charge in [0, 0.05) is 12.1 Å². The Bertz CT molecular complexity index is 853. The van der Waals surface area contributed by atoms with Crippen molar-refractivity contribution in [1.29, 1.82) is 0 Å². The Morgan fingerprint density at radius 2 is 1.71 bits per heavy atom. The second-order valence-electron chi connectivity index (χ2n) is 6.02. The SMILES string of the molecule is CCOC(=O)C1=C(Oc2ccc(Cl)cc2)N(Cc2ccc(OC)cc2)NN1C. The van der Waals surface area contributed by atoms with Crippen molar-refractivity contribution in [3.05, 3.63) is 70.7 Å². The number of halogens is 1. The normalized spacial score (nSPS) is 13.7. The molecule has 0 saturated carbocycles. The average molecular weight is 404 g/mol. The van der Waals surface area contributed by atoms with Gasteiger partial charge in [0.25, 0.3) is 0 Å². The molecular weight excluding hydrogens is 382 g/mol. The number of carbonyl (C=O) groups is 1. The number of nitrogens with one attached hydrogen (secondary N) is 1. The maximum Gasteiger partial charge on any atom is 0.361 e. The predicted octanol–water partition coefficient (Wildman–Crippen LogP) is 3.33. The van der Waals surface area contributed by atoms with E-state index in [-0.39, 0.29) is 12.3 Å². The molecule has 0 aliphatic carbocycles. The van der Waals surface area contributed by atoms with Crippen LogP contribution < -0.4 is 15.0 Å². The zero-order valence-corrected chi connectivity index (χ0v) is 16.7. The van der Waals surface area contributed by atoms with Crippen LogP contribution in [0.1, 0.15) is 12.5 Å². The summed E-state index contributed by atoms with van der Waals surface area (Å²) in [5.41, 5.74) is 4.40. The Labute approximate surface area is 169 Å². The molecule has 2 aromatic carbocycles. The average Bonchev–Trinajstić information content (AvgIpc) is 2.99. The maximum absolute atomic E-state index is 12.5. The molecule has 0 unspecified atom stereocenters. The van der Waals surface area contributed by atoms with E-state index in [1.165, 1.54) is 0 Å². The second-order valence-corrected chi connectivity index (χ2v) is 6.46. The van der Waals surface area contributed by atoms with Crippen LogP contribution in [0.15, 0.2) is 60.1 Å². The summed E-state index contributed by atoms with van der Waals surface area (Å²) >= 11 is 5.95. The van der Waals surface area contributed by atoms with Crippen molar-refractivity contribution in [3.63, 3.8) is 0 Å². The minimum atomic E-state index is -0.473. The summed E-state index contributed by atoms with van der Waals surface area (Å²) in [6.07, 6.45) is 0. The van der Waals surface area contributed by atoms with E-state index in [0.29, 0.717) is 23.2 Å². The molecule has 0 amide bonds. The smallest absolute Gasteiger partial charge is 0.361 e. The van der Waals surface area contributed by atoms with Gasteiger partial charge in [-0.15, -0.1) is 5.53 Å². The molecule has 0 fully saturated rings. The Morgan fingerprint density at radius 1 is 1.07 bits per heavy atom. The third kappa shape index (κ3) is 4.49. The largest absolute Gasteiger partial charge is 0.497 e. The lowest BCUT2D eigenvalue weighted by molar-refractivity contribution is -0.140. The van der Waals surface area contributed by atoms with Crippen molar-refractivity contribution in [1.82, 2.24) is 15.6 Å². The lowest BCUT2D eigenvalue weighted by atomic mass is 10.2. The number of carbonyl (C=O) groups excluding carboxylic acids is 1. The van der Waals surface area contributed by atoms with Gasteiger partial charge in [-0.3, -0.25) is 10.0 Å². The summed E-state index contributed by atoms with van der Waals surface area (Å²) in [4.78, 5) is 12.5. The maximum atomic E-state index is 12.5.